The molecule has 1 unspecified atom stereocenters. The monoisotopic (exact) mass is 289 g/mol. The fourth-order valence-corrected chi connectivity index (χ4v) is 2.97. The zero-order valence-corrected chi connectivity index (χ0v) is 13.1. The van der Waals surface area contributed by atoms with E-state index in [9.17, 15) is 0 Å². The van der Waals surface area contributed by atoms with Gasteiger partial charge >= 0.3 is 0 Å². The molecular weight excluding hydrogens is 266 g/mol. The maximum Gasteiger partial charge on any atom is 0.119 e. The molecule has 0 radical (unpaired) electrons. The third-order valence-electron chi connectivity index (χ3n) is 3.22. The second-order valence-corrected chi connectivity index (χ2v) is 5.82. The Bertz CT molecular complexity index is 478. The SMILES string of the molecule is CCCNC(Cc1cccs1)c1ccc(OCC)cc1. The van der Waals surface area contributed by atoms with Gasteiger partial charge in [0.1, 0.15) is 5.75 Å². The van der Waals surface area contributed by atoms with Gasteiger partial charge in [-0.1, -0.05) is 25.1 Å². The molecule has 0 spiro atoms. The van der Waals surface area contributed by atoms with Gasteiger partial charge < -0.3 is 10.1 Å². The van der Waals surface area contributed by atoms with Crippen molar-refractivity contribution in [2.75, 3.05) is 13.2 Å². The van der Waals surface area contributed by atoms with E-state index >= 15 is 0 Å². The summed E-state index contributed by atoms with van der Waals surface area (Å²) in [5.41, 5.74) is 1.33. The van der Waals surface area contributed by atoms with E-state index in [0.717, 1.165) is 25.1 Å². The van der Waals surface area contributed by atoms with Gasteiger partial charge in [0.25, 0.3) is 0 Å². The van der Waals surface area contributed by atoms with Crippen molar-refractivity contribution in [1.29, 1.82) is 0 Å². The molecule has 20 heavy (non-hydrogen) atoms. The average Bonchev–Trinajstić information content (AvgIpc) is 2.98. The van der Waals surface area contributed by atoms with E-state index in [2.05, 4.69) is 54.0 Å². The molecule has 0 saturated carbocycles. The van der Waals surface area contributed by atoms with Crippen LogP contribution in [-0.2, 0) is 6.42 Å². The first-order valence-electron chi connectivity index (χ1n) is 7.32. The summed E-state index contributed by atoms with van der Waals surface area (Å²) < 4.78 is 5.51. The van der Waals surface area contributed by atoms with E-state index in [4.69, 9.17) is 4.74 Å². The van der Waals surface area contributed by atoms with Crippen molar-refractivity contribution in [1.82, 2.24) is 5.32 Å². The second-order valence-electron chi connectivity index (χ2n) is 4.79. The van der Waals surface area contributed by atoms with E-state index in [-0.39, 0.29) is 0 Å². The topological polar surface area (TPSA) is 21.3 Å². The molecule has 2 nitrogen and oxygen atoms in total. The van der Waals surface area contributed by atoms with E-state index in [1.807, 2.05) is 18.3 Å². The Morgan fingerprint density at radius 2 is 1.95 bits per heavy atom. The van der Waals surface area contributed by atoms with Crippen LogP contribution in [0.5, 0.6) is 5.75 Å². The smallest absolute Gasteiger partial charge is 0.119 e. The van der Waals surface area contributed by atoms with E-state index in [1.54, 1.807) is 0 Å². The molecule has 1 heterocycles. The average molecular weight is 289 g/mol. The van der Waals surface area contributed by atoms with Gasteiger partial charge in [-0.2, -0.15) is 0 Å². The van der Waals surface area contributed by atoms with Gasteiger partial charge in [-0.15, -0.1) is 11.3 Å². The van der Waals surface area contributed by atoms with Crippen LogP contribution in [0.4, 0.5) is 0 Å². The van der Waals surface area contributed by atoms with Gasteiger partial charge in [-0.25, -0.2) is 0 Å². The van der Waals surface area contributed by atoms with Crippen LogP contribution in [0.3, 0.4) is 0 Å². The minimum atomic E-state index is 0.379. The standard InChI is InChI=1S/C17H23NOS/c1-3-11-18-17(13-16-6-5-12-20-16)14-7-9-15(10-8-14)19-4-2/h5-10,12,17-18H,3-4,11,13H2,1-2H3. The molecule has 108 valence electrons. The van der Waals surface area contributed by atoms with Crippen LogP contribution >= 0.6 is 11.3 Å². The molecule has 2 aromatic rings. The number of ether oxygens (including phenoxy) is 1. The van der Waals surface area contributed by atoms with Gasteiger partial charge in [0, 0.05) is 17.3 Å². The quantitative estimate of drug-likeness (QED) is 0.776. The third-order valence-corrected chi connectivity index (χ3v) is 4.12. The summed E-state index contributed by atoms with van der Waals surface area (Å²) >= 11 is 1.83. The van der Waals surface area contributed by atoms with Crippen molar-refractivity contribution in [3.63, 3.8) is 0 Å². The third kappa shape index (κ3) is 4.36. The van der Waals surface area contributed by atoms with Crippen molar-refractivity contribution in [2.24, 2.45) is 0 Å². The molecule has 1 aromatic carbocycles. The molecular formula is C17H23NOS. The molecule has 0 aliphatic heterocycles. The lowest BCUT2D eigenvalue weighted by Crippen LogP contribution is -2.23. The Morgan fingerprint density at radius 3 is 2.55 bits per heavy atom. The molecule has 0 aliphatic carbocycles. The van der Waals surface area contributed by atoms with Crippen molar-refractivity contribution >= 4 is 11.3 Å². The summed E-state index contributed by atoms with van der Waals surface area (Å²) in [5, 5.41) is 5.78. The Hall–Kier alpha value is -1.32. The lowest BCUT2D eigenvalue weighted by molar-refractivity contribution is 0.340. The maximum absolute atomic E-state index is 5.51. The van der Waals surface area contributed by atoms with E-state index in [0.29, 0.717) is 12.6 Å². The van der Waals surface area contributed by atoms with Crippen LogP contribution in [0.2, 0.25) is 0 Å². The minimum Gasteiger partial charge on any atom is -0.494 e. The molecule has 2 rings (SSSR count). The second kappa shape index (κ2) is 8.08. The molecule has 0 fully saturated rings. The summed E-state index contributed by atoms with van der Waals surface area (Å²) in [6.45, 7) is 5.97. The minimum absolute atomic E-state index is 0.379. The highest BCUT2D eigenvalue weighted by molar-refractivity contribution is 7.09. The first-order chi connectivity index (χ1) is 9.83. The number of rotatable bonds is 8. The predicted octanol–water partition coefficient (Wildman–Crippen LogP) is 4.43. The van der Waals surface area contributed by atoms with Crippen molar-refractivity contribution in [2.45, 2.75) is 32.7 Å². The molecule has 0 saturated heterocycles. The summed E-state index contributed by atoms with van der Waals surface area (Å²) in [6.07, 6.45) is 2.20. The van der Waals surface area contributed by atoms with E-state index in [1.165, 1.54) is 10.4 Å². The van der Waals surface area contributed by atoms with Crippen LogP contribution in [0.1, 0.15) is 36.8 Å². The summed E-state index contributed by atoms with van der Waals surface area (Å²) in [5.74, 6) is 0.946. The first kappa shape index (κ1) is 15.1. The van der Waals surface area contributed by atoms with Gasteiger partial charge in [-0.3, -0.25) is 0 Å². The van der Waals surface area contributed by atoms with Gasteiger partial charge in [-0.05, 0) is 49.0 Å². The number of hydrogen-bond donors (Lipinski definition) is 1. The highest BCUT2D eigenvalue weighted by atomic mass is 32.1. The van der Waals surface area contributed by atoms with E-state index < -0.39 is 0 Å². The van der Waals surface area contributed by atoms with Crippen LogP contribution < -0.4 is 10.1 Å². The molecule has 3 heteroatoms. The molecule has 0 amide bonds. The van der Waals surface area contributed by atoms with Gasteiger partial charge in [0.15, 0.2) is 0 Å². The lowest BCUT2D eigenvalue weighted by atomic mass is 10.0. The highest BCUT2D eigenvalue weighted by Gasteiger charge is 2.12. The van der Waals surface area contributed by atoms with Crippen LogP contribution in [-0.4, -0.2) is 13.2 Å². The van der Waals surface area contributed by atoms with Crippen molar-refractivity contribution in [3.8, 4) is 5.75 Å². The Balaban J connectivity index is 2.08. The fourth-order valence-electron chi connectivity index (χ4n) is 2.22. The molecule has 1 N–H and O–H groups in total. The molecule has 1 atom stereocenters. The number of hydrogen-bond acceptors (Lipinski definition) is 3. The Labute approximate surface area is 125 Å². The van der Waals surface area contributed by atoms with Crippen LogP contribution in [0, 0.1) is 0 Å². The predicted molar refractivity (Wildman–Crippen MR) is 86.7 cm³/mol. The summed E-state index contributed by atoms with van der Waals surface area (Å²) in [4.78, 5) is 1.42. The van der Waals surface area contributed by atoms with Crippen LogP contribution in [0.25, 0.3) is 0 Å². The first-order valence-corrected chi connectivity index (χ1v) is 8.20. The maximum atomic E-state index is 5.51. The van der Waals surface area contributed by atoms with Crippen molar-refractivity contribution in [3.05, 3.63) is 52.2 Å². The van der Waals surface area contributed by atoms with Gasteiger partial charge in [0.2, 0.25) is 0 Å². The normalized spacial score (nSPS) is 12.3. The van der Waals surface area contributed by atoms with Crippen molar-refractivity contribution < 1.29 is 4.74 Å². The zero-order chi connectivity index (χ0) is 14.2. The number of benzene rings is 1. The molecule has 0 aliphatic rings. The molecule has 0 bridgehead atoms. The summed E-state index contributed by atoms with van der Waals surface area (Å²) in [7, 11) is 0. The molecule has 1 aromatic heterocycles. The lowest BCUT2D eigenvalue weighted by Gasteiger charge is -2.19. The largest absolute Gasteiger partial charge is 0.494 e. The Morgan fingerprint density at radius 1 is 1.15 bits per heavy atom. The number of thiophene rings is 1. The summed E-state index contributed by atoms with van der Waals surface area (Å²) in [6, 6.07) is 13.2. The van der Waals surface area contributed by atoms with Crippen LogP contribution in [0.15, 0.2) is 41.8 Å². The van der Waals surface area contributed by atoms with Gasteiger partial charge in [0.05, 0.1) is 6.61 Å². The fraction of sp³-hybridized carbons (Fsp3) is 0.412. The number of nitrogens with one attached hydrogen (secondary N) is 1. The Kier molecular flexibility index (Phi) is 6.09. The highest BCUT2D eigenvalue weighted by Crippen LogP contribution is 2.23. The zero-order valence-electron chi connectivity index (χ0n) is 12.3.